The SMILES string of the molecule is O=C(N[C@H](CNC(=O)c1cc2nccc(CF)c2s1)C(=O)OCc1ccccc1)OCc1ccccc1. The highest BCUT2D eigenvalue weighted by Gasteiger charge is 2.25. The number of rotatable bonds is 10. The summed E-state index contributed by atoms with van der Waals surface area (Å²) < 4.78 is 24.4. The fourth-order valence-corrected chi connectivity index (χ4v) is 4.44. The van der Waals surface area contributed by atoms with E-state index in [1.165, 1.54) is 6.20 Å². The summed E-state index contributed by atoms with van der Waals surface area (Å²) in [6, 6.07) is 20.0. The van der Waals surface area contributed by atoms with Crippen molar-refractivity contribution < 1.29 is 28.2 Å². The van der Waals surface area contributed by atoms with Crippen LogP contribution in [0.3, 0.4) is 0 Å². The van der Waals surface area contributed by atoms with Gasteiger partial charge in [-0.1, -0.05) is 60.7 Å². The number of carbonyl (C=O) groups is 3. The Labute approximate surface area is 216 Å². The van der Waals surface area contributed by atoms with Crippen LogP contribution in [0.4, 0.5) is 9.18 Å². The molecule has 190 valence electrons. The van der Waals surface area contributed by atoms with Gasteiger partial charge in [0.25, 0.3) is 5.91 Å². The number of thiophene rings is 1. The Kier molecular flexibility index (Phi) is 8.77. The van der Waals surface area contributed by atoms with Crippen molar-refractivity contribution in [3.05, 3.63) is 101 Å². The predicted octanol–water partition coefficient (Wildman–Crippen LogP) is 4.53. The van der Waals surface area contributed by atoms with E-state index in [9.17, 15) is 18.8 Å². The summed E-state index contributed by atoms with van der Waals surface area (Å²) in [5, 5.41) is 5.10. The molecule has 0 saturated heterocycles. The monoisotopic (exact) mass is 521 g/mol. The van der Waals surface area contributed by atoms with Crippen molar-refractivity contribution in [1.29, 1.82) is 0 Å². The van der Waals surface area contributed by atoms with Crippen molar-refractivity contribution >= 4 is 39.5 Å². The third-order valence-electron chi connectivity index (χ3n) is 5.34. The number of amides is 2. The van der Waals surface area contributed by atoms with Gasteiger partial charge in [0, 0.05) is 18.3 Å². The molecule has 4 aromatic rings. The van der Waals surface area contributed by atoms with E-state index in [1.54, 1.807) is 36.4 Å². The molecule has 0 aliphatic heterocycles. The molecule has 37 heavy (non-hydrogen) atoms. The maximum atomic E-state index is 13.3. The molecule has 0 spiro atoms. The number of nitrogens with one attached hydrogen (secondary N) is 2. The zero-order chi connectivity index (χ0) is 26.0. The number of aromatic nitrogens is 1. The number of fused-ring (bicyclic) bond motifs is 1. The van der Waals surface area contributed by atoms with Crippen molar-refractivity contribution in [2.24, 2.45) is 0 Å². The van der Waals surface area contributed by atoms with E-state index in [4.69, 9.17) is 9.47 Å². The Balaban J connectivity index is 1.40. The molecule has 8 nitrogen and oxygen atoms in total. The number of nitrogens with zero attached hydrogens (tertiary/aromatic N) is 1. The predicted molar refractivity (Wildman–Crippen MR) is 137 cm³/mol. The summed E-state index contributed by atoms with van der Waals surface area (Å²) in [7, 11) is 0. The summed E-state index contributed by atoms with van der Waals surface area (Å²) in [6.07, 6.45) is 0.647. The van der Waals surface area contributed by atoms with E-state index < -0.39 is 30.7 Å². The Bertz CT molecular complexity index is 1360. The van der Waals surface area contributed by atoms with E-state index in [0.717, 1.165) is 22.5 Å². The fourth-order valence-electron chi connectivity index (χ4n) is 3.42. The number of pyridine rings is 1. The summed E-state index contributed by atoms with van der Waals surface area (Å²) in [5.74, 6) is -1.23. The molecule has 1 atom stereocenters. The molecule has 0 radical (unpaired) electrons. The first-order valence-corrected chi connectivity index (χ1v) is 12.2. The summed E-state index contributed by atoms with van der Waals surface area (Å²) in [4.78, 5) is 42.5. The number of halogens is 1. The normalized spacial score (nSPS) is 11.5. The molecule has 0 aliphatic rings. The molecule has 2 heterocycles. The number of hydrogen-bond donors (Lipinski definition) is 2. The number of alkyl halides is 1. The summed E-state index contributed by atoms with van der Waals surface area (Å²) >= 11 is 1.10. The van der Waals surface area contributed by atoms with Crippen LogP contribution in [0.25, 0.3) is 10.2 Å². The van der Waals surface area contributed by atoms with Gasteiger partial charge >= 0.3 is 12.1 Å². The molecule has 2 aromatic heterocycles. The Hall–Kier alpha value is -4.31. The lowest BCUT2D eigenvalue weighted by Gasteiger charge is -2.18. The molecular formula is C27H24FN3O5S. The third kappa shape index (κ3) is 7.11. The van der Waals surface area contributed by atoms with Gasteiger partial charge in [-0.25, -0.2) is 14.0 Å². The first kappa shape index (κ1) is 25.8. The standard InChI is InChI=1S/C27H24FN3O5S/c28-14-20-11-12-29-21-13-23(37-24(20)21)25(32)30-15-22(26(33)35-16-18-7-3-1-4-8-18)31-27(34)36-17-19-9-5-2-6-10-19/h1-13,22H,14-17H2,(H,30,32)(H,31,34)/t22-/m1/s1. The van der Waals surface area contributed by atoms with Gasteiger partial charge in [-0.05, 0) is 23.3 Å². The number of alkyl carbamates (subject to hydrolysis) is 1. The second-order valence-electron chi connectivity index (χ2n) is 7.99. The number of hydrogen-bond acceptors (Lipinski definition) is 7. The van der Waals surface area contributed by atoms with Crippen LogP contribution >= 0.6 is 11.3 Å². The molecule has 2 amide bonds. The average molecular weight is 522 g/mol. The maximum Gasteiger partial charge on any atom is 0.408 e. The van der Waals surface area contributed by atoms with E-state index >= 15 is 0 Å². The minimum Gasteiger partial charge on any atom is -0.459 e. The molecular weight excluding hydrogens is 497 g/mol. The van der Waals surface area contributed by atoms with Gasteiger partial charge < -0.3 is 20.1 Å². The highest BCUT2D eigenvalue weighted by molar-refractivity contribution is 7.21. The van der Waals surface area contributed by atoms with Gasteiger partial charge in [0.1, 0.15) is 25.9 Å². The second kappa shape index (κ2) is 12.6. The van der Waals surface area contributed by atoms with E-state index in [0.29, 0.717) is 20.7 Å². The lowest BCUT2D eigenvalue weighted by molar-refractivity contribution is -0.147. The number of benzene rings is 2. The van der Waals surface area contributed by atoms with Gasteiger partial charge in [0.05, 0.1) is 15.1 Å². The smallest absolute Gasteiger partial charge is 0.408 e. The van der Waals surface area contributed by atoms with Crippen LogP contribution in [0.15, 0.2) is 79.0 Å². The minimum atomic E-state index is -1.20. The van der Waals surface area contributed by atoms with Crippen molar-refractivity contribution in [3.8, 4) is 0 Å². The van der Waals surface area contributed by atoms with Gasteiger partial charge in [-0.3, -0.25) is 9.78 Å². The van der Waals surface area contributed by atoms with Crippen LogP contribution < -0.4 is 10.6 Å². The molecule has 0 saturated carbocycles. The molecule has 0 unspecified atom stereocenters. The molecule has 10 heteroatoms. The average Bonchev–Trinajstić information content (AvgIpc) is 3.38. The van der Waals surface area contributed by atoms with Gasteiger partial charge in [-0.15, -0.1) is 11.3 Å². The fraction of sp³-hybridized carbons (Fsp3) is 0.185. The molecule has 2 aromatic carbocycles. The summed E-state index contributed by atoms with van der Waals surface area (Å²) in [5.41, 5.74) is 2.50. The molecule has 0 aliphatic carbocycles. The van der Waals surface area contributed by atoms with Gasteiger partial charge in [-0.2, -0.15) is 0 Å². The molecule has 0 bridgehead atoms. The van der Waals surface area contributed by atoms with Crippen molar-refractivity contribution in [2.45, 2.75) is 25.9 Å². The molecule has 0 fully saturated rings. The third-order valence-corrected chi connectivity index (χ3v) is 6.54. The number of ether oxygens (including phenoxy) is 2. The Morgan fingerprint density at radius 1 is 0.919 bits per heavy atom. The van der Waals surface area contributed by atoms with E-state index in [2.05, 4.69) is 15.6 Å². The topological polar surface area (TPSA) is 107 Å². The Morgan fingerprint density at radius 2 is 1.57 bits per heavy atom. The van der Waals surface area contributed by atoms with E-state index in [1.807, 2.05) is 36.4 Å². The van der Waals surface area contributed by atoms with Crippen LogP contribution in [0.5, 0.6) is 0 Å². The van der Waals surface area contributed by atoms with Crippen LogP contribution in [0.1, 0.15) is 26.4 Å². The van der Waals surface area contributed by atoms with Crippen LogP contribution in [-0.2, 0) is 34.2 Å². The highest BCUT2D eigenvalue weighted by Crippen LogP contribution is 2.27. The number of esters is 1. The van der Waals surface area contributed by atoms with E-state index in [-0.39, 0.29) is 19.8 Å². The first-order valence-electron chi connectivity index (χ1n) is 11.4. The summed E-state index contributed by atoms with van der Waals surface area (Å²) in [6.45, 7) is -0.912. The van der Waals surface area contributed by atoms with Crippen molar-refractivity contribution in [3.63, 3.8) is 0 Å². The molecule has 4 rings (SSSR count). The minimum absolute atomic E-state index is 0.00114. The zero-order valence-electron chi connectivity index (χ0n) is 19.7. The first-order chi connectivity index (χ1) is 18.0. The quantitative estimate of drug-likeness (QED) is 0.297. The van der Waals surface area contributed by atoms with Crippen molar-refractivity contribution in [2.75, 3.05) is 6.54 Å². The zero-order valence-corrected chi connectivity index (χ0v) is 20.5. The lowest BCUT2D eigenvalue weighted by Crippen LogP contribution is -2.49. The van der Waals surface area contributed by atoms with Crippen LogP contribution in [0, 0.1) is 0 Å². The number of carbonyl (C=O) groups excluding carboxylic acids is 3. The van der Waals surface area contributed by atoms with Gasteiger partial charge in [0.15, 0.2) is 0 Å². The van der Waals surface area contributed by atoms with Crippen LogP contribution in [0.2, 0.25) is 0 Å². The largest absolute Gasteiger partial charge is 0.459 e. The lowest BCUT2D eigenvalue weighted by atomic mass is 10.2. The van der Waals surface area contributed by atoms with Gasteiger partial charge in [0.2, 0.25) is 0 Å². The van der Waals surface area contributed by atoms with Crippen LogP contribution in [-0.4, -0.2) is 35.5 Å². The Morgan fingerprint density at radius 3 is 2.22 bits per heavy atom. The maximum absolute atomic E-state index is 13.3. The van der Waals surface area contributed by atoms with Crippen molar-refractivity contribution in [1.82, 2.24) is 15.6 Å². The molecule has 2 N–H and O–H groups in total. The second-order valence-corrected chi connectivity index (χ2v) is 9.04. The highest BCUT2D eigenvalue weighted by atomic mass is 32.1.